The molecule has 0 bridgehead atoms. The number of rotatable bonds is 8. The molecule has 1 aromatic heterocycles. The molecule has 2 aromatic rings. The first-order valence-electron chi connectivity index (χ1n) is 9.83. The second kappa shape index (κ2) is 10.6. The maximum absolute atomic E-state index is 12.6. The molecule has 0 amide bonds. The van der Waals surface area contributed by atoms with E-state index in [-0.39, 0.29) is 23.7 Å². The molecule has 2 heterocycles. The van der Waals surface area contributed by atoms with Crippen LogP contribution in [-0.4, -0.2) is 46.8 Å². The molecule has 0 radical (unpaired) electrons. The Morgan fingerprint density at radius 2 is 2.07 bits per heavy atom. The Labute approximate surface area is 177 Å². The summed E-state index contributed by atoms with van der Waals surface area (Å²) in [6, 6.07) is 8.57. The maximum atomic E-state index is 12.6. The van der Waals surface area contributed by atoms with Gasteiger partial charge in [-0.15, -0.1) is 12.4 Å². The predicted octanol–water partition coefficient (Wildman–Crippen LogP) is 1.31. The molecule has 8 heteroatoms. The summed E-state index contributed by atoms with van der Waals surface area (Å²) in [6.07, 6.45) is 4.71. The third kappa shape index (κ3) is 5.72. The molecular formula is C21H31ClN4O3. The van der Waals surface area contributed by atoms with E-state index in [0.717, 1.165) is 44.6 Å². The van der Waals surface area contributed by atoms with E-state index in [1.165, 1.54) is 14.7 Å². The Morgan fingerprint density at radius 1 is 1.28 bits per heavy atom. The first-order valence-corrected chi connectivity index (χ1v) is 9.83. The molecule has 1 aliphatic heterocycles. The van der Waals surface area contributed by atoms with Crippen LogP contribution in [0.5, 0.6) is 5.75 Å². The van der Waals surface area contributed by atoms with Crippen molar-refractivity contribution >= 4 is 12.4 Å². The average Bonchev–Trinajstić information content (AvgIpc) is 3.24. The largest absolute Gasteiger partial charge is 0.497 e. The summed E-state index contributed by atoms with van der Waals surface area (Å²) < 4.78 is 7.98. The van der Waals surface area contributed by atoms with Gasteiger partial charge in [-0.25, -0.2) is 4.79 Å². The molecule has 3 rings (SSSR count). The van der Waals surface area contributed by atoms with Gasteiger partial charge in [0, 0.05) is 45.0 Å². The Kier molecular flexibility index (Phi) is 8.49. The van der Waals surface area contributed by atoms with Gasteiger partial charge < -0.3 is 14.6 Å². The molecule has 1 atom stereocenters. The molecule has 1 unspecified atom stereocenters. The van der Waals surface area contributed by atoms with Gasteiger partial charge in [-0.1, -0.05) is 12.1 Å². The quantitative estimate of drug-likeness (QED) is 0.694. The lowest BCUT2D eigenvalue weighted by Gasteiger charge is -2.28. The number of methoxy groups -OCH3 is 1. The molecule has 0 saturated carbocycles. The van der Waals surface area contributed by atoms with Crippen molar-refractivity contribution in [2.75, 3.05) is 26.7 Å². The zero-order valence-electron chi connectivity index (χ0n) is 17.4. The highest BCUT2D eigenvalue weighted by Gasteiger charge is 2.23. The second-order valence-electron chi connectivity index (χ2n) is 7.48. The number of nitrogens with one attached hydrogen (secondary N) is 1. The minimum absolute atomic E-state index is 0. The first-order chi connectivity index (χ1) is 13.5. The molecule has 0 spiro atoms. The van der Waals surface area contributed by atoms with Gasteiger partial charge in [0.15, 0.2) is 0 Å². The van der Waals surface area contributed by atoms with Crippen molar-refractivity contribution in [3.05, 3.63) is 62.4 Å². The molecule has 1 saturated heterocycles. The van der Waals surface area contributed by atoms with E-state index < -0.39 is 0 Å². The third-order valence-electron chi connectivity index (χ3n) is 5.49. The van der Waals surface area contributed by atoms with Crippen LogP contribution >= 0.6 is 12.4 Å². The first kappa shape index (κ1) is 23.2. The summed E-state index contributed by atoms with van der Waals surface area (Å²) in [5.41, 5.74) is 1.42. The minimum Gasteiger partial charge on any atom is -0.497 e. The zero-order valence-corrected chi connectivity index (χ0v) is 18.2. The molecule has 7 nitrogen and oxygen atoms in total. The number of hydrogen-bond donors (Lipinski definition) is 1. The van der Waals surface area contributed by atoms with Crippen LogP contribution in [0.25, 0.3) is 0 Å². The molecule has 0 aliphatic carbocycles. The van der Waals surface area contributed by atoms with Crippen molar-refractivity contribution in [2.24, 2.45) is 14.1 Å². The number of benzene rings is 1. The normalized spacial score (nSPS) is 16.1. The van der Waals surface area contributed by atoms with E-state index >= 15 is 0 Å². The lowest BCUT2D eigenvalue weighted by molar-refractivity contribution is 0.195. The molecule has 29 heavy (non-hydrogen) atoms. The van der Waals surface area contributed by atoms with E-state index in [1.807, 2.05) is 12.1 Å². The predicted molar refractivity (Wildman–Crippen MR) is 117 cm³/mol. The van der Waals surface area contributed by atoms with Gasteiger partial charge in [0.05, 0.1) is 7.11 Å². The summed E-state index contributed by atoms with van der Waals surface area (Å²) >= 11 is 0. The number of hydrogen-bond acceptors (Lipinski definition) is 5. The number of nitrogens with zero attached hydrogens (tertiary/aromatic N) is 3. The summed E-state index contributed by atoms with van der Waals surface area (Å²) in [5, 5.41) is 3.41. The summed E-state index contributed by atoms with van der Waals surface area (Å²) in [6.45, 7) is 3.40. The average molecular weight is 423 g/mol. The van der Waals surface area contributed by atoms with Crippen LogP contribution < -0.4 is 21.3 Å². The number of aryl methyl sites for hydroxylation is 2. The highest BCUT2D eigenvalue weighted by Crippen LogP contribution is 2.16. The van der Waals surface area contributed by atoms with Crippen molar-refractivity contribution in [3.63, 3.8) is 0 Å². The topological polar surface area (TPSA) is 68.5 Å². The fraction of sp³-hybridized carbons (Fsp3) is 0.524. The monoisotopic (exact) mass is 422 g/mol. The van der Waals surface area contributed by atoms with Gasteiger partial charge in [-0.2, -0.15) is 0 Å². The van der Waals surface area contributed by atoms with Gasteiger partial charge >= 0.3 is 5.69 Å². The standard InChI is InChI=1S/C21H30N4O3.ClH/c1-23-14-17(20(26)24(2)21(23)27)15-25(18-9-10-22-13-18)11-5-7-16-6-4-8-19(12-16)28-3;/h4,6,8,12,14,18,22H,5,7,9-11,13,15H2,1-3H3;1H. The lowest BCUT2D eigenvalue weighted by Crippen LogP contribution is -2.43. The molecular weight excluding hydrogens is 392 g/mol. The summed E-state index contributed by atoms with van der Waals surface area (Å²) in [7, 11) is 4.91. The van der Waals surface area contributed by atoms with Crippen molar-refractivity contribution in [1.82, 2.24) is 19.4 Å². The van der Waals surface area contributed by atoms with Crippen LogP contribution in [0.1, 0.15) is 24.0 Å². The van der Waals surface area contributed by atoms with Gasteiger partial charge in [-0.3, -0.25) is 14.3 Å². The molecule has 1 aromatic carbocycles. The molecule has 160 valence electrons. The third-order valence-corrected chi connectivity index (χ3v) is 5.49. The van der Waals surface area contributed by atoms with E-state index in [0.29, 0.717) is 18.2 Å². The Hall–Kier alpha value is -2.09. The minimum atomic E-state index is -0.291. The number of ether oxygens (including phenoxy) is 1. The fourth-order valence-corrected chi connectivity index (χ4v) is 3.87. The van der Waals surface area contributed by atoms with Gasteiger partial charge in [0.25, 0.3) is 5.56 Å². The van der Waals surface area contributed by atoms with Crippen molar-refractivity contribution in [1.29, 1.82) is 0 Å². The summed E-state index contributed by atoms with van der Waals surface area (Å²) in [5.74, 6) is 0.878. The Balaban J connectivity index is 0.00000300. The van der Waals surface area contributed by atoms with Gasteiger partial charge in [0.1, 0.15) is 5.75 Å². The van der Waals surface area contributed by atoms with Gasteiger partial charge in [-0.05, 0) is 50.0 Å². The van der Waals surface area contributed by atoms with E-state index in [9.17, 15) is 9.59 Å². The van der Waals surface area contributed by atoms with Crippen LogP contribution in [0.15, 0.2) is 40.1 Å². The molecule has 1 N–H and O–H groups in total. The zero-order chi connectivity index (χ0) is 20.1. The van der Waals surface area contributed by atoms with Crippen molar-refractivity contribution in [2.45, 2.75) is 31.8 Å². The van der Waals surface area contributed by atoms with Crippen LogP contribution in [0.4, 0.5) is 0 Å². The van der Waals surface area contributed by atoms with E-state index in [1.54, 1.807) is 27.4 Å². The van der Waals surface area contributed by atoms with Crippen LogP contribution in [-0.2, 0) is 27.1 Å². The Morgan fingerprint density at radius 3 is 2.76 bits per heavy atom. The highest BCUT2D eigenvalue weighted by atomic mass is 35.5. The smallest absolute Gasteiger partial charge is 0.330 e. The van der Waals surface area contributed by atoms with Crippen molar-refractivity contribution in [3.8, 4) is 5.75 Å². The van der Waals surface area contributed by atoms with Crippen LogP contribution in [0.3, 0.4) is 0 Å². The highest BCUT2D eigenvalue weighted by molar-refractivity contribution is 5.85. The van der Waals surface area contributed by atoms with E-state index in [2.05, 4.69) is 22.3 Å². The van der Waals surface area contributed by atoms with Crippen LogP contribution in [0, 0.1) is 0 Å². The number of halogens is 1. The maximum Gasteiger partial charge on any atom is 0.330 e. The van der Waals surface area contributed by atoms with Crippen molar-refractivity contribution < 1.29 is 4.74 Å². The lowest BCUT2D eigenvalue weighted by atomic mass is 10.1. The number of aromatic nitrogens is 2. The summed E-state index contributed by atoms with van der Waals surface area (Å²) in [4.78, 5) is 26.9. The fourth-order valence-electron chi connectivity index (χ4n) is 3.87. The van der Waals surface area contributed by atoms with Crippen LogP contribution in [0.2, 0.25) is 0 Å². The van der Waals surface area contributed by atoms with Gasteiger partial charge in [0.2, 0.25) is 0 Å². The molecule has 1 fully saturated rings. The molecule has 1 aliphatic rings. The SMILES string of the molecule is COc1cccc(CCCN(Cc2cn(C)c(=O)n(C)c2=O)C2CCNC2)c1.Cl. The second-order valence-corrected chi connectivity index (χ2v) is 7.48. The van der Waals surface area contributed by atoms with E-state index in [4.69, 9.17) is 4.74 Å². The Bertz CT molecular complexity index is 919.